The molecule has 2 aromatic carbocycles. The van der Waals surface area contributed by atoms with Gasteiger partial charge in [-0.05, 0) is 30.8 Å². The van der Waals surface area contributed by atoms with Crippen LogP contribution in [0.5, 0.6) is 0 Å². The van der Waals surface area contributed by atoms with E-state index in [9.17, 15) is 27.6 Å². The minimum Gasteiger partial charge on any atom is -0.399 e. The van der Waals surface area contributed by atoms with E-state index in [0.29, 0.717) is 28.3 Å². The van der Waals surface area contributed by atoms with Gasteiger partial charge in [-0.25, -0.2) is 9.80 Å². The zero-order valence-corrected chi connectivity index (χ0v) is 18.4. The number of nitrogen functional groups attached to an aromatic ring is 2. The van der Waals surface area contributed by atoms with E-state index in [1.165, 1.54) is 7.05 Å². The number of alkyl halides is 3. The smallest absolute Gasteiger partial charge is 0.399 e. The Kier molecular flexibility index (Phi) is 7.14. The first-order chi connectivity index (χ1) is 16.4. The molecular formula is C21H23F3N8O3. The van der Waals surface area contributed by atoms with Gasteiger partial charge in [0, 0.05) is 17.8 Å². The molecule has 4 amide bonds. The number of hydrogen-bond donors (Lipinski definition) is 6. The molecule has 0 spiro atoms. The van der Waals surface area contributed by atoms with E-state index in [1.807, 2.05) is 0 Å². The molecular weight excluding hydrogens is 469 g/mol. The second-order valence-electron chi connectivity index (χ2n) is 7.58. The molecule has 1 unspecified atom stereocenters. The van der Waals surface area contributed by atoms with Crippen LogP contribution >= 0.6 is 0 Å². The van der Waals surface area contributed by atoms with Crippen LogP contribution in [-0.2, 0) is 22.3 Å². The average molecular weight is 492 g/mol. The summed E-state index contributed by atoms with van der Waals surface area (Å²) in [5, 5.41) is 16.2. The lowest BCUT2D eigenvalue weighted by Gasteiger charge is -2.41. The molecule has 3 rings (SSSR count). The molecule has 1 aliphatic rings. The van der Waals surface area contributed by atoms with Crippen molar-refractivity contribution in [1.82, 2.24) is 21.0 Å². The summed E-state index contributed by atoms with van der Waals surface area (Å²) < 4.78 is 39.9. The van der Waals surface area contributed by atoms with Crippen molar-refractivity contribution < 1.29 is 27.6 Å². The van der Waals surface area contributed by atoms with Crippen molar-refractivity contribution in [2.45, 2.75) is 18.9 Å². The lowest BCUT2D eigenvalue weighted by atomic mass is 10.1. The highest BCUT2D eigenvalue weighted by molar-refractivity contribution is 6.03. The van der Waals surface area contributed by atoms with Gasteiger partial charge in [0.05, 0.1) is 11.3 Å². The fourth-order valence-electron chi connectivity index (χ4n) is 3.32. The number of anilines is 2. The number of rotatable bonds is 7. The molecule has 1 heterocycles. The van der Waals surface area contributed by atoms with Crippen LogP contribution in [0.15, 0.2) is 42.5 Å². The quantitative estimate of drug-likeness (QED) is 0.189. The van der Waals surface area contributed by atoms with Crippen LogP contribution in [0.4, 0.5) is 29.3 Å². The number of hydrazine groups is 1. The van der Waals surface area contributed by atoms with Gasteiger partial charge in [0.1, 0.15) is 12.4 Å². The first-order valence-electron chi connectivity index (χ1n) is 10.2. The zero-order chi connectivity index (χ0) is 25.9. The van der Waals surface area contributed by atoms with Gasteiger partial charge in [-0.3, -0.25) is 20.3 Å². The third kappa shape index (κ3) is 5.78. The predicted molar refractivity (Wildman–Crippen MR) is 121 cm³/mol. The number of amidine groups is 1. The van der Waals surface area contributed by atoms with Crippen LogP contribution in [0.2, 0.25) is 0 Å². The fourth-order valence-corrected chi connectivity index (χ4v) is 3.32. The van der Waals surface area contributed by atoms with Crippen molar-refractivity contribution in [3.63, 3.8) is 0 Å². The molecule has 0 radical (unpaired) electrons. The Morgan fingerprint density at radius 2 is 1.83 bits per heavy atom. The monoisotopic (exact) mass is 492 g/mol. The fraction of sp³-hybridized carbons (Fsp3) is 0.238. The first kappa shape index (κ1) is 25.3. The number of carbonyl (C=O) groups is 3. The number of nitrogens with two attached hydrogens (primary N) is 2. The molecule has 2 aromatic rings. The number of likely N-dealkylation sites (N-methyl/N-ethyl adjacent to an activating group) is 1. The average Bonchev–Trinajstić information content (AvgIpc) is 2.79. The molecule has 11 nitrogen and oxygen atoms in total. The van der Waals surface area contributed by atoms with Gasteiger partial charge < -0.3 is 22.1 Å². The molecule has 1 atom stereocenters. The summed E-state index contributed by atoms with van der Waals surface area (Å²) in [6.07, 6.45) is -5.96. The van der Waals surface area contributed by atoms with E-state index in [4.69, 9.17) is 16.9 Å². The zero-order valence-electron chi connectivity index (χ0n) is 18.4. The Balaban J connectivity index is 1.84. The maximum Gasteiger partial charge on any atom is 0.416 e. The highest BCUT2D eigenvalue weighted by Crippen LogP contribution is 2.34. The number of nitrogens with one attached hydrogen (secondary N) is 4. The second-order valence-corrected chi connectivity index (χ2v) is 7.58. The van der Waals surface area contributed by atoms with E-state index in [0.717, 1.165) is 11.1 Å². The van der Waals surface area contributed by atoms with Crippen molar-refractivity contribution in [2.24, 2.45) is 5.73 Å². The predicted octanol–water partition coefficient (Wildman–Crippen LogP) is 0.707. The van der Waals surface area contributed by atoms with Crippen molar-refractivity contribution in [1.29, 1.82) is 5.41 Å². The summed E-state index contributed by atoms with van der Waals surface area (Å²) >= 11 is 0. The molecule has 8 N–H and O–H groups in total. The molecule has 0 aliphatic carbocycles. The van der Waals surface area contributed by atoms with Crippen LogP contribution in [0.3, 0.4) is 0 Å². The van der Waals surface area contributed by atoms with E-state index in [-0.39, 0.29) is 23.8 Å². The van der Waals surface area contributed by atoms with Gasteiger partial charge in [-0.2, -0.15) is 18.2 Å². The van der Waals surface area contributed by atoms with Crippen LogP contribution < -0.4 is 32.4 Å². The van der Waals surface area contributed by atoms with Gasteiger partial charge in [0.25, 0.3) is 5.91 Å². The molecule has 1 saturated heterocycles. The summed E-state index contributed by atoms with van der Waals surface area (Å²) in [6.45, 7) is -0.608. The minimum absolute atomic E-state index is 0.0528. The van der Waals surface area contributed by atoms with Crippen LogP contribution in [0.25, 0.3) is 0 Å². The number of carbonyl (C=O) groups excluding carboxylic acids is 3. The highest BCUT2D eigenvalue weighted by atomic mass is 19.4. The SMILES string of the molecule is CNC1NC(=O)N(c2cc(N)cc(C(F)(F)F)c2)N(CC(=O)NCc2ccc(C(=N)N)cc2)C1=O. The Morgan fingerprint density at radius 1 is 1.17 bits per heavy atom. The van der Waals surface area contributed by atoms with E-state index in [2.05, 4.69) is 16.0 Å². The second kappa shape index (κ2) is 9.89. The van der Waals surface area contributed by atoms with Crippen LogP contribution in [-0.4, -0.2) is 48.4 Å². The number of urea groups is 1. The molecule has 1 aliphatic heterocycles. The van der Waals surface area contributed by atoms with Crippen molar-refractivity contribution >= 4 is 35.1 Å². The molecule has 186 valence electrons. The van der Waals surface area contributed by atoms with E-state index in [1.54, 1.807) is 24.3 Å². The number of amides is 4. The summed E-state index contributed by atoms with van der Waals surface area (Å²) in [5.74, 6) is -1.57. The van der Waals surface area contributed by atoms with E-state index >= 15 is 0 Å². The lowest BCUT2D eigenvalue weighted by Crippen LogP contribution is -2.70. The molecule has 0 bridgehead atoms. The maximum absolute atomic E-state index is 13.3. The molecule has 0 aromatic heterocycles. The van der Waals surface area contributed by atoms with Gasteiger partial charge in [-0.1, -0.05) is 24.3 Å². The van der Waals surface area contributed by atoms with Crippen LogP contribution in [0.1, 0.15) is 16.7 Å². The van der Waals surface area contributed by atoms with Gasteiger partial charge in [-0.15, -0.1) is 0 Å². The minimum atomic E-state index is -4.76. The number of halogens is 3. The molecule has 1 fully saturated rings. The van der Waals surface area contributed by atoms with Crippen molar-refractivity contribution in [3.05, 3.63) is 59.2 Å². The molecule has 0 saturated carbocycles. The number of hydrogen-bond acceptors (Lipinski definition) is 6. The highest BCUT2D eigenvalue weighted by Gasteiger charge is 2.41. The van der Waals surface area contributed by atoms with Gasteiger partial charge in [0.15, 0.2) is 6.17 Å². The Bertz CT molecular complexity index is 1150. The Morgan fingerprint density at radius 3 is 2.40 bits per heavy atom. The number of benzene rings is 2. The number of nitrogens with zero attached hydrogens (tertiary/aromatic N) is 2. The summed E-state index contributed by atoms with van der Waals surface area (Å²) in [7, 11) is 1.39. The molecule has 14 heteroatoms. The topological polar surface area (TPSA) is 170 Å². The van der Waals surface area contributed by atoms with Crippen molar-refractivity contribution in [3.8, 4) is 0 Å². The van der Waals surface area contributed by atoms with Crippen LogP contribution in [0, 0.1) is 5.41 Å². The lowest BCUT2D eigenvalue weighted by molar-refractivity contribution is -0.139. The van der Waals surface area contributed by atoms with E-state index < -0.39 is 42.3 Å². The first-order valence-corrected chi connectivity index (χ1v) is 10.2. The third-order valence-corrected chi connectivity index (χ3v) is 5.05. The van der Waals surface area contributed by atoms with Crippen molar-refractivity contribution in [2.75, 3.05) is 24.3 Å². The Hall–Kier alpha value is -4.33. The maximum atomic E-state index is 13.3. The summed E-state index contributed by atoms with van der Waals surface area (Å²) in [5.41, 5.74) is 10.4. The summed E-state index contributed by atoms with van der Waals surface area (Å²) in [4.78, 5) is 38.3. The summed E-state index contributed by atoms with van der Waals surface area (Å²) in [6, 6.07) is 7.98. The van der Waals surface area contributed by atoms with Gasteiger partial charge in [0.2, 0.25) is 5.91 Å². The van der Waals surface area contributed by atoms with Gasteiger partial charge >= 0.3 is 12.2 Å². The third-order valence-electron chi connectivity index (χ3n) is 5.05. The Labute approximate surface area is 197 Å². The molecule has 35 heavy (non-hydrogen) atoms. The largest absolute Gasteiger partial charge is 0.416 e. The normalized spacial score (nSPS) is 16.2. The standard InChI is InChI=1S/C21H23F3N8O3/c1-28-18-19(34)31(10-16(33)29-9-11-2-4-12(5-3-11)17(26)27)32(20(35)30-18)15-7-13(21(22,23)24)6-14(25)8-15/h2-8,18,28H,9-10,25H2,1H3,(H3,26,27)(H,29,33)(H,30,35).